The van der Waals surface area contributed by atoms with E-state index in [1.807, 2.05) is 24.3 Å². The molecule has 3 aromatic rings. The minimum Gasteiger partial charge on any atom is -0.486 e. The van der Waals surface area contributed by atoms with Crippen LogP contribution in [0.15, 0.2) is 79.4 Å². The van der Waals surface area contributed by atoms with E-state index in [1.165, 1.54) is 56.7 Å². The molecule has 0 radical (unpaired) electrons. The number of hydrogen-bond donors (Lipinski definition) is 0. The normalized spacial score (nSPS) is 23.3. The Morgan fingerprint density at radius 2 is 1.38 bits per heavy atom. The minimum absolute atomic E-state index is 0.0964. The van der Waals surface area contributed by atoms with Gasteiger partial charge < -0.3 is 4.74 Å². The summed E-state index contributed by atoms with van der Waals surface area (Å²) in [5.74, 6) is 0.397. The van der Waals surface area contributed by atoms with Crippen LogP contribution >= 0.6 is 0 Å². The third-order valence-corrected chi connectivity index (χ3v) is 9.09. The van der Waals surface area contributed by atoms with Crippen molar-refractivity contribution in [1.29, 1.82) is 0 Å². The Morgan fingerprint density at radius 1 is 0.750 bits per heavy atom. The molecule has 0 N–H and O–H groups in total. The van der Waals surface area contributed by atoms with Gasteiger partial charge in [0.15, 0.2) is 11.6 Å². The number of ether oxygens (including phenoxy) is 1. The summed E-state index contributed by atoms with van der Waals surface area (Å²) in [6.07, 6.45) is 15.9. The van der Waals surface area contributed by atoms with Crippen LogP contribution in [0, 0.1) is 35.2 Å². The third-order valence-electron chi connectivity index (χ3n) is 9.09. The van der Waals surface area contributed by atoms with Gasteiger partial charge in [-0.15, -0.1) is 0 Å². The lowest BCUT2D eigenvalue weighted by molar-refractivity contribution is 0.171. The maximum absolute atomic E-state index is 15.3. The van der Waals surface area contributed by atoms with Crippen molar-refractivity contribution < 1.29 is 17.9 Å². The molecule has 0 amide bonds. The van der Waals surface area contributed by atoms with Crippen LogP contribution in [-0.4, -0.2) is 6.61 Å². The first kappa shape index (κ1) is 28.3. The Labute approximate surface area is 236 Å². The van der Waals surface area contributed by atoms with E-state index in [-0.39, 0.29) is 29.7 Å². The van der Waals surface area contributed by atoms with Crippen LogP contribution in [0.1, 0.15) is 69.8 Å². The topological polar surface area (TPSA) is 9.23 Å². The Balaban J connectivity index is 1.22. The van der Waals surface area contributed by atoms with E-state index in [4.69, 9.17) is 4.74 Å². The lowest BCUT2D eigenvalue weighted by Gasteiger charge is -2.37. The molecule has 0 saturated heterocycles. The van der Waals surface area contributed by atoms with Gasteiger partial charge in [0.2, 0.25) is 5.82 Å². The average Bonchev–Trinajstić information content (AvgIpc) is 2.99. The lowest BCUT2D eigenvalue weighted by atomic mass is 9.68. The molecule has 2 aliphatic carbocycles. The summed E-state index contributed by atoms with van der Waals surface area (Å²) < 4.78 is 49.7. The van der Waals surface area contributed by atoms with Gasteiger partial charge in [0.1, 0.15) is 12.4 Å². The van der Waals surface area contributed by atoms with Crippen molar-refractivity contribution in [3.8, 4) is 28.0 Å². The molecule has 3 aromatic carbocycles. The summed E-state index contributed by atoms with van der Waals surface area (Å²) in [5, 5.41) is 0. The molecule has 0 bridgehead atoms. The number of halogens is 3. The second kappa shape index (κ2) is 12.9. The predicted molar refractivity (Wildman–Crippen MR) is 158 cm³/mol. The van der Waals surface area contributed by atoms with Crippen molar-refractivity contribution in [3.63, 3.8) is 0 Å². The largest absolute Gasteiger partial charge is 0.486 e. The summed E-state index contributed by atoms with van der Waals surface area (Å²) >= 11 is 0. The van der Waals surface area contributed by atoms with Gasteiger partial charge in [-0.1, -0.05) is 61.2 Å². The Morgan fingerprint density at radius 3 is 2.00 bits per heavy atom. The highest BCUT2D eigenvalue weighted by atomic mass is 19.2. The van der Waals surface area contributed by atoms with Crippen LogP contribution in [0.4, 0.5) is 13.2 Å². The molecule has 2 fully saturated rings. The lowest BCUT2D eigenvalue weighted by Crippen LogP contribution is -2.25. The molecule has 5 rings (SSSR count). The summed E-state index contributed by atoms with van der Waals surface area (Å²) in [6, 6.07) is 15.6. The molecule has 1 nitrogen and oxygen atoms in total. The highest BCUT2D eigenvalue weighted by Crippen LogP contribution is 2.45. The monoisotopic (exact) mass is 544 g/mol. The van der Waals surface area contributed by atoms with Gasteiger partial charge in [-0.25, -0.2) is 8.78 Å². The molecule has 0 unspecified atom stereocenters. The van der Waals surface area contributed by atoms with Crippen molar-refractivity contribution in [2.75, 3.05) is 6.61 Å². The molecule has 0 spiro atoms. The van der Waals surface area contributed by atoms with Crippen LogP contribution in [0.3, 0.4) is 0 Å². The van der Waals surface area contributed by atoms with Crippen molar-refractivity contribution >= 4 is 0 Å². The van der Waals surface area contributed by atoms with E-state index in [2.05, 4.69) is 25.7 Å². The molecule has 0 aromatic heterocycles. The van der Waals surface area contributed by atoms with Crippen LogP contribution in [-0.2, 0) is 0 Å². The Hall–Kier alpha value is -3.27. The van der Waals surface area contributed by atoms with Gasteiger partial charge >= 0.3 is 0 Å². The maximum atomic E-state index is 15.3. The zero-order valence-electron chi connectivity index (χ0n) is 23.4. The average molecular weight is 545 g/mol. The molecular formula is C36H39F3O. The number of rotatable bonds is 8. The van der Waals surface area contributed by atoms with Crippen molar-refractivity contribution in [1.82, 2.24) is 0 Å². The van der Waals surface area contributed by atoms with E-state index in [0.717, 1.165) is 47.3 Å². The zero-order chi connectivity index (χ0) is 28.1. The molecule has 210 valence electrons. The summed E-state index contributed by atoms with van der Waals surface area (Å²) in [5.41, 5.74) is 3.13. The van der Waals surface area contributed by atoms with Gasteiger partial charge in [0.25, 0.3) is 0 Å². The van der Waals surface area contributed by atoms with Gasteiger partial charge in [-0.3, -0.25) is 0 Å². The standard InChI is InChI=1S/C36H39F3O/c1-3-5-24-6-8-25(9-7-24)26-10-14-28(15-11-26)31-19-18-30(23-33(31)37)27-12-16-29(17-13-27)32-20-21-34(40-22-4-2)36(39)35(32)38/h3-5,12-13,16-21,23-26,28H,2,6-11,14-15,22H2,1H3/b5-3+. The van der Waals surface area contributed by atoms with Gasteiger partial charge in [-0.2, -0.15) is 4.39 Å². The molecule has 0 heterocycles. The molecule has 0 aliphatic heterocycles. The Kier molecular flexibility index (Phi) is 9.14. The summed E-state index contributed by atoms with van der Waals surface area (Å²) in [7, 11) is 0. The summed E-state index contributed by atoms with van der Waals surface area (Å²) in [6.45, 7) is 5.73. The predicted octanol–water partition coefficient (Wildman–Crippen LogP) is 10.7. The maximum Gasteiger partial charge on any atom is 0.201 e. The second-order valence-electron chi connectivity index (χ2n) is 11.5. The quantitative estimate of drug-likeness (QED) is 0.256. The van der Waals surface area contributed by atoms with E-state index in [9.17, 15) is 8.78 Å². The van der Waals surface area contributed by atoms with Crippen molar-refractivity contribution in [2.24, 2.45) is 17.8 Å². The van der Waals surface area contributed by atoms with Crippen LogP contribution < -0.4 is 4.74 Å². The SMILES string of the molecule is C=CCOc1ccc(-c2ccc(-c3ccc(C4CCC(C5CCC(/C=C/C)CC5)CC4)c(F)c3)cc2)c(F)c1F. The number of hydrogen-bond acceptors (Lipinski definition) is 1. The highest BCUT2D eigenvalue weighted by molar-refractivity contribution is 5.71. The number of benzene rings is 3. The van der Waals surface area contributed by atoms with Crippen LogP contribution in [0.2, 0.25) is 0 Å². The fourth-order valence-electron chi connectivity index (χ4n) is 6.88. The zero-order valence-corrected chi connectivity index (χ0v) is 23.4. The molecular weight excluding hydrogens is 505 g/mol. The Bertz CT molecular complexity index is 1330. The first-order valence-corrected chi connectivity index (χ1v) is 14.7. The minimum atomic E-state index is -1.02. The fraction of sp³-hybridized carbons (Fsp3) is 0.389. The van der Waals surface area contributed by atoms with Crippen LogP contribution in [0.5, 0.6) is 5.75 Å². The molecule has 40 heavy (non-hydrogen) atoms. The first-order valence-electron chi connectivity index (χ1n) is 14.7. The van der Waals surface area contributed by atoms with E-state index >= 15 is 4.39 Å². The van der Waals surface area contributed by atoms with E-state index in [0.29, 0.717) is 5.56 Å². The molecule has 2 saturated carbocycles. The van der Waals surface area contributed by atoms with E-state index in [1.54, 1.807) is 18.2 Å². The van der Waals surface area contributed by atoms with Gasteiger partial charge in [0.05, 0.1) is 0 Å². The van der Waals surface area contributed by atoms with E-state index < -0.39 is 11.6 Å². The fourth-order valence-corrected chi connectivity index (χ4v) is 6.88. The highest BCUT2D eigenvalue weighted by Gasteiger charge is 2.31. The van der Waals surface area contributed by atoms with Gasteiger partial charge in [-0.05, 0) is 122 Å². The van der Waals surface area contributed by atoms with Crippen molar-refractivity contribution in [3.05, 3.63) is 102 Å². The molecule has 2 aliphatic rings. The first-order chi connectivity index (χ1) is 19.5. The van der Waals surface area contributed by atoms with Crippen molar-refractivity contribution in [2.45, 2.75) is 64.2 Å². The van der Waals surface area contributed by atoms with Gasteiger partial charge in [0, 0.05) is 5.56 Å². The summed E-state index contributed by atoms with van der Waals surface area (Å²) in [4.78, 5) is 0. The molecule has 4 heteroatoms. The molecule has 0 atom stereocenters. The smallest absolute Gasteiger partial charge is 0.201 e. The third kappa shape index (κ3) is 6.22. The van der Waals surface area contributed by atoms with Crippen LogP contribution in [0.25, 0.3) is 22.3 Å². The second-order valence-corrected chi connectivity index (χ2v) is 11.5. The number of allylic oxidation sites excluding steroid dienone is 2.